The van der Waals surface area contributed by atoms with Crippen LogP contribution in [0, 0.1) is 0 Å². The van der Waals surface area contributed by atoms with Gasteiger partial charge in [0.15, 0.2) is 0 Å². The molecule has 15 heavy (non-hydrogen) atoms. The fraction of sp³-hybridized carbons (Fsp3) is 0.300. The molecule has 2 aromatic rings. The van der Waals surface area contributed by atoms with E-state index in [4.69, 9.17) is 0 Å². The third-order valence-electron chi connectivity index (χ3n) is 2.75. The Morgan fingerprint density at radius 1 is 1.27 bits per heavy atom. The first-order valence-corrected chi connectivity index (χ1v) is 4.76. The van der Waals surface area contributed by atoms with Gasteiger partial charge in [0.1, 0.15) is 0 Å². The number of rotatable bonds is 1. The molecule has 1 fully saturated rings. The van der Waals surface area contributed by atoms with E-state index in [1.165, 1.54) is 0 Å². The van der Waals surface area contributed by atoms with Crippen LogP contribution in [0.1, 0.15) is 6.04 Å². The van der Waals surface area contributed by atoms with Gasteiger partial charge in [0.2, 0.25) is 0 Å². The lowest BCUT2D eigenvalue weighted by Crippen LogP contribution is -2.46. The largest absolute Gasteiger partial charge is 0.326 e. The Morgan fingerprint density at radius 2 is 2.00 bits per heavy atom. The molecule has 0 aliphatic carbocycles. The smallest absolute Gasteiger partial charge is 0.313 e. The van der Waals surface area contributed by atoms with Crippen LogP contribution in [-0.4, -0.2) is 22.6 Å². The zero-order chi connectivity index (χ0) is 9.54. The van der Waals surface area contributed by atoms with Crippen molar-refractivity contribution in [1.82, 2.24) is 14.9 Å². The topological polar surface area (TPSA) is 49.8 Å². The second-order valence-electron chi connectivity index (χ2n) is 3.63. The summed E-state index contributed by atoms with van der Waals surface area (Å²) in [4.78, 5) is 14.5. The number of hydrogen-bond acceptors (Lipinski definition) is 2. The molecule has 0 bridgehead atoms. The van der Waals surface area contributed by atoms with Crippen molar-refractivity contribution >= 4 is 23.4 Å². The van der Waals surface area contributed by atoms with E-state index in [1.54, 1.807) is 0 Å². The first-order chi connectivity index (χ1) is 6.86. The van der Waals surface area contributed by atoms with Gasteiger partial charge in [-0.2, -0.15) is 0 Å². The summed E-state index contributed by atoms with van der Waals surface area (Å²) in [5.41, 5.74) is 1.92. The van der Waals surface area contributed by atoms with Gasteiger partial charge in [-0.3, -0.25) is 4.57 Å². The van der Waals surface area contributed by atoms with Gasteiger partial charge in [0.05, 0.1) is 17.1 Å². The molecule has 1 aliphatic rings. The first kappa shape index (κ1) is 10.3. The SMILES string of the molecule is Cl.O=c1[nH]c2ccccc2n1C1CNC1. The van der Waals surface area contributed by atoms with E-state index < -0.39 is 0 Å². The Kier molecular flexibility index (Phi) is 2.54. The molecule has 1 aromatic heterocycles. The highest BCUT2D eigenvalue weighted by atomic mass is 35.5. The Morgan fingerprint density at radius 3 is 2.67 bits per heavy atom. The molecule has 0 unspecified atom stereocenters. The number of aromatic amines is 1. The van der Waals surface area contributed by atoms with Gasteiger partial charge in [0.25, 0.3) is 0 Å². The van der Waals surface area contributed by atoms with Crippen molar-refractivity contribution in [3.63, 3.8) is 0 Å². The third-order valence-corrected chi connectivity index (χ3v) is 2.75. The number of nitrogens with one attached hydrogen (secondary N) is 2. The van der Waals surface area contributed by atoms with Crippen LogP contribution in [0.4, 0.5) is 0 Å². The molecule has 2 N–H and O–H groups in total. The highest BCUT2D eigenvalue weighted by Gasteiger charge is 2.22. The Hall–Kier alpha value is -1.26. The predicted octanol–water partition coefficient (Wildman–Crippen LogP) is 0.896. The molecule has 1 aromatic carbocycles. The lowest BCUT2D eigenvalue weighted by molar-refractivity contribution is 0.344. The molecule has 3 rings (SSSR count). The van der Waals surface area contributed by atoms with Crippen molar-refractivity contribution in [1.29, 1.82) is 0 Å². The van der Waals surface area contributed by atoms with E-state index in [0.717, 1.165) is 24.1 Å². The lowest BCUT2D eigenvalue weighted by Gasteiger charge is -2.28. The average molecular weight is 226 g/mol. The standard InChI is InChI=1S/C10H11N3O.ClH/c14-10-12-8-3-1-2-4-9(8)13(10)7-5-11-6-7;/h1-4,7,11H,5-6H2,(H,12,14);1H. The van der Waals surface area contributed by atoms with Gasteiger partial charge in [-0.15, -0.1) is 12.4 Å². The van der Waals surface area contributed by atoms with Crippen molar-refractivity contribution in [2.45, 2.75) is 6.04 Å². The molecular formula is C10H12ClN3O. The third kappa shape index (κ3) is 1.46. The quantitative estimate of drug-likeness (QED) is 0.758. The minimum atomic E-state index is -0.00213. The Balaban J connectivity index is 0.000000853. The van der Waals surface area contributed by atoms with Gasteiger partial charge in [-0.25, -0.2) is 4.79 Å². The van der Waals surface area contributed by atoms with Crippen LogP contribution < -0.4 is 11.0 Å². The number of para-hydroxylation sites is 2. The number of aromatic nitrogens is 2. The van der Waals surface area contributed by atoms with Crippen molar-refractivity contribution in [3.8, 4) is 0 Å². The van der Waals surface area contributed by atoms with E-state index in [2.05, 4.69) is 10.3 Å². The summed E-state index contributed by atoms with van der Waals surface area (Å²) in [5, 5.41) is 3.17. The summed E-state index contributed by atoms with van der Waals surface area (Å²) in [6.45, 7) is 1.78. The molecule has 0 atom stereocenters. The van der Waals surface area contributed by atoms with Crippen LogP contribution in [0.2, 0.25) is 0 Å². The number of halogens is 1. The number of nitrogens with zero attached hydrogens (tertiary/aromatic N) is 1. The second-order valence-corrected chi connectivity index (χ2v) is 3.63. The van der Waals surface area contributed by atoms with E-state index in [9.17, 15) is 4.79 Å². The molecule has 2 heterocycles. The second kappa shape index (κ2) is 3.72. The van der Waals surface area contributed by atoms with Crippen LogP contribution in [0.3, 0.4) is 0 Å². The van der Waals surface area contributed by atoms with Gasteiger partial charge in [0, 0.05) is 13.1 Å². The number of benzene rings is 1. The molecule has 1 saturated heterocycles. The highest BCUT2D eigenvalue weighted by molar-refractivity contribution is 5.85. The minimum absolute atomic E-state index is 0. The van der Waals surface area contributed by atoms with Crippen LogP contribution >= 0.6 is 12.4 Å². The number of hydrogen-bond donors (Lipinski definition) is 2. The van der Waals surface area contributed by atoms with Crippen molar-refractivity contribution < 1.29 is 0 Å². The summed E-state index contributed by atoms with van der Waals surface area (Å²) < 4.78 is 1.84. The molecular weight excluding hydrogens is 214 g/mol. The van der Waals surface area contributed by atoms with Crippen LogP contribution in [0.25, 0.3) is 11.0 Å². The summed E-state index contributed by atoms with van der Waals surface area (Å²) in [7, 11) is 0. The van der Waals surface area contributed by atoms with Gasteiger partial charge in [-0.05, 0) is 12.1 Å². The normalized spacial score (nSPS) is 16.0. The summed E-state index contributed by atoms with van der Waals surface area (Å²) in [6, 6.07) is 8.11. The summed E-state index contributed by atoms with van der Waals surface area (Å²) in [5.74, 6) is 0. The summed E-state index contributed by atoms with van der Waals surface area (Å²) >= 11 is 0. The molecule has 80 valence electrons. The monoisotopic (exact) mass is 225 g/mol. The van der Waals surface area contributed by atoms with Crippen molar-refractivity contribution in [2.75, 3.05) is 13.1 Å². The first-order valence-electron chi connectivity index (χ1n) is 4.76. The number of fused-ring (bicyclic) bond motifs is 1. The highest BCUT2D eigenvalue weighted by Crippen LogP contribution is 2.16. The van der Waals surface area contributed by atoms with Crippen molar-refractivity contribution in [3.05, 3.63) is 34.7 Å². The maximum absolute atomic E-state index is 11.7. The molecule has 0 radical (unpaired) electrons. The fourth-order valence-corrected chi connectivity index (χ4v) is 1.89. The van der Waals surface area contributed by atoms with Gasteiger partial charge >= 0.3 is 5.69 Å². The zero-order valence-corrected chi connectivity index (χ0v) is 8.88. The van der Waals surface area contributed by atoms with E-state index in [-0.39, 0.29) is 18.1 Å². The fourth-order valence-electron chi connectivity index (χ4n) is 1.89. The zero-order valence-electron chi connectivity index (χ0n) is 8.06. The number of imidazole rings is 1. The van der Waals surface area contributed by atoms with Gasteiger partial charge < -0.3 is 10.3 Å². The van der Waals surface area contributed by atoms with E-state index in [0.29, 0.717) is 6.04 Å². The molecule has 0 saturated carbocycles. The molecule has 4 nitrogen and oxygen atoms in total. The minimum Gasteiger partial charge on any atom is -0.313 e. The maximum atomic E-state index is 11.7. The van der Waals surface area contributed by atoms with Crippen LogP contribution in [0.5, 0.6) is 0 Å². The molecule has 0 spiro atoms. The maximum Gasteiger partial charge on any atom is 0.326 e. The molecule has 1 aliphatic heterocycles. The lowest BCUT2D eigenvalue weighted by atomic mass is 10.1. The Labute approximate surface area is 92.7 Å². The van der Waals surface area contributed by atoms with E-state index >= 15 is 0 Å². The van der Waals surface area contributed by atoms with Crippen LogP contribution in [-0.2, 0) is 0 Å². The molecule has 0 amide bonds. The molecule has 5 heteroatoms. The van der Waals surface area contributed by atoms with Gasteiger partial charge in [-0.1, -0.05) is 12.1 Å². The number of H-pyrrole nitrogens is 1. The average Bonchev–Trinajstić information content (AvgIpc) is 2.41. The van der Waals surface area contributed by atoms with E-state index in [1.807, 2.05) is 28.8 Å². The Bertz CT molecular complexity index is 527. The van der Waals surface area contributed by atoms with Crippen molar-refractivity contribution in [2.24, 2.45) is 0 Å². The van der Waals surface area contributed by atoms with Crippen LogP contribution in [0.15, 0.2) is 29.1 Å². The summed E-state index contributed by atoms with van der Waals surface area (Å²) in [6.07, 6.45) is 0. The predicted molar refractivity (Wildman–Crippen MR) is 61.7 cm³/mol.